The number of benzene rings is 3. The first-order valence-corrected chi connectivity index (χ1v) is 9.22. The molecule has 3 aromatic carbocycles. The van der Waals surface area contributed by atoms with Crippen molar-refractivity contribution in [1.29, 1.82) is 5.41 Å². The van der Waals surface area contributed by atoms with Gasteiger partial charge in [-0.3, -0.25) is 10.2 Å². The largest absolute Gasteiger partial charge is 0.325 e. The zero-order valence-corrected chi connectivity index (χ0v) is 15.5. The van der Waals surface area contributed by atoms with Crippen LogP contribution in [-0.4, -0.2) is 11.6 Å². The third-order valence-corrected chi connectivity index (χ3v) is 4.52. The van der Waals surface area contributed by atoms with Crippen LogP contribution < -0.4 is 5.32 Å². The Morgan fingerprint density at radius 1 is 0.889 bits per heavy atom. The van der Waals surface area contributed by atoms with Gasteiger partial charge in [-0.25, -0.2) is 0 Å². The first kappa shape index (κ1) is 18.6. The van der Waals surface area contributed by atoms with Crippen LogP contribution in [-0.2, 0) is 11.2 Å². The van der Waals surface area contributed by atoms with Gasteiger partial charge in [0.05, 0.1) is 11.4 Å². The topological polar surface area (TPSA) is 53.0 Å². The van der Waals surface area contributed by atoms with Crippen LogP contribution in [0.3, 0.4) is 0 Å². The zero-order chi connectivity index (χ0) is 19.1. The fraction of sp³-hybridized carbons (Fsp3) is 0.167. The van der Waals surface area contributed by atoms with Crippen LogP contribution >= 0.6 is 0 Å². The Kier molecular flexibility index (Phi) is 6.16. The lowest BCUT2D eigenvalue weighted by Crippen LogP contribution is -2.15. The molecule has 0 aliphatic rings. The predicted octanol–water partition coefficient (Wildman–Crippen LogP) is 5.37. The van der Waals surface area contributed by atoms with E-state index in [1.807, 2.05) is 73.7 Å². The summed E-state index contributed by atoms with van der Waals surface area (Å²) in [6.45, 7) is 2.02. The number of hydrogen-bond donors (Lipinski definition) is 2. The molecule has 0 aliphatic heterocycles. The SMILES string of the molecule is Cc1ccc(C(=N)c2ccccc2NC(=O)CCCc2ccccc2)cc1. The van der Waals surface area contributed by atoms with E-state index >= 15 is 0 Å². The summed E-state index contributed by atoms with van der Waals surface area (Å²) in [5.41, 5.74) is 5.07. The summed E-state index contributed by atoms with van der Waals surface area (Å²) in [5.74, 6) is -0.0184. The minimum absolute atomic E-state index is 0.0184. The van der Waals surface area contributed by atoms with E-state index in [-0.39, 0.29) is 5.91 Å². The lowest BCUT2D eigenvalue weighted by Gasteiger charge is -2.12. The number of carbonyl (C=O) groups is 1. The number of aryl methyl sites for hydroxylation is 2. The molecule has 0 aromatic heterocycles. The fourth-order valence-electron chi connectivity index (χ4n) is 3.00. The van der Waals surface area contributed by atoms with Crippen molar-refractivity contribution in [2.24, 2.45) is 0 Å². The molecule has 0 unspecified atom stereocenters. The van der Waals surface area contributed by atoms with E-state index < -0.39 is 0 Å². The van der Waals surface area contributed by atoms with Crippen molar-refractivity contribution in [1.82, 2.24) is 0 Å². The van der Waals surface area contributed by atoms with Crippen molar-refractivity contribution in [2.75, 3.05) is 5.32 Å². The highest BCUT2D eigenvalue weighted by Crippen LogP contribution is 2.20. The number of amides is 1. The molecule has 3 nitrogen and oxygen atoms in total. The molecule has 0 heterocycles. The highest BCUT2D eigenvalue weighted by Gasteiger charge is 2.12. The fourth-order valence-corrected chi connectivity index (χ4v) is 3.00. The van der Waals surface area contributed by atoms with Crippen molar-refractivity contribution in [3.05, 3.63) is 101 Å². The average Bonchev–Trinajstić information content (AvgIpc) is 2.69. The van der Waals surface area contributed by atoms with E-state index in [1.165, 1.54) is 5.56 Å². The van der Waals surface area contributed by atoms with Gasteiger partial charge in [0.25, 0.3) is 0 Å². The Morgan fingerprint density at radius 3 is 2.30 bits per heavy atom. The van der Waals surface area contributed by atoms with E-state index in [2.05, 4.69) is 17.4 Å². The number of anilines is 1. The Morgan fingerprint density at radius 2 is 1.56 bits per heavy atom. The van der Waals surface area contributed by atoms with Crippen LogP contribution in [0, 0.1) is 12.3 Å². The van der Waals surface area contributed by atoms with Gasteiger partial charge in [-0.1, -0.05) is 78.4 Å². The van der Waals surface area contributed by atoms with Crippen molar-refractivity contribution < 1.29 is 4.79 Å². The van der Waals surface area contributed by atoms with Crippen molar-refractivity contribution in [3.63, 3.8) is 0 Å². The molecule has 136 valence electrons. The predicted molar refractivity (Wildman–Crippen MR) is 112 cm³/mol. The van der Waals surface area contributed by atoms with E-state index in [9.17, 15) is 4.79 Å². The van der Waals surface area contributed by atoms with E-state index in [0.717, 1.165) is 29.5 Å². The molecule has 0 bridgehead atoms. The lowest BCUT2D eigenvalue weighted by molar-refractivity contribution is -0.116. The lowest BCUT2D eigenvalue weighted by atomic mass is 9.99. The minimum atomic E-state index is -0.0184. The third-order valence-electron chi connectivity index (χ3n) is 4.52. The van der Waals surface area contributed by atoms with Crippen LogP contribution in [0.15, 0.2) is 78.9 Å². The second-order valence-electron chi connectivity index (χ2n) is 6.67. The summed E-state index contributed by atoms with van der Waals surface area (Å²) in [6, 6.07) is 25.6. The summed E-state index contributed by atoms with van der Waals surface area (Å²) in [4.78, 5) is 12.4. The number of para-hydroxylation sites is 1. The van der Waals surface area contributed by atoms with E-state index in [4.69, 9.17) is 5.41 Å². The minimum Gasteiger partial charge on any atom is -0.325 e. The number of hydrogen-bond acceptors (Lipinski definition) is 2. The molecule has 0 radical (unpaired) electrons. The summed E-state index contributed by atoms with van der Waals surface area (Å²) in [7, 11) is 0. The standard InChI is InChI=1S/C24H24N2O/c1-18-14-16-20(17-15-18)24(25)21-11-5-6-12-22(21)26-23(27)13-7-10-19-8-3-2-4-9-19/h2-6,8-9,11-12,14-17,25H,7,10,13H2,1H3,(H,26,27). The molecule has 0 spiro atoms. The van der Waals surface area contributed by atoms with Crippen molar-refractivity contribution >= 4 is 17.3 Å². The van der Waals surface area contributed by atoms with Gasteiger partial charge in [0.1, 0.15) is 0 Å². The second kappa shape index (κ2) is 8.95. The van der Waals surface area contributed by atoms with Gasteiger partial charge >= 0.3 is 0 Å². The highest BCUT2D eigenvalue weighted by atomic mass is 16.1. The van der Waals surface area contributed by atoms with Crippen molar-refractivity contribution in [2.45, 2.75) is 26.2 Å². The Labute approximate surface area is 160 Å². The monoisotopic (exact) mass is 356 g/mol. The van der Waals surface area contributed by atoms with Gasteiger partial charge in [0, 0.05) is 17.5 Å². The van der Waals surface area contributed by atoms with Crippen LogP contribution in [0.4, 0.5) is 5.69 Å². The molecule has 2 N–H and O–H groups in total. The quantitative estimate of drug-likeness (QED) is 0.549. The number of carbonyl (C=O) groups excluding carboxylic acids is 1. The summed E-state index contributed by atoms with van der Waals surface area (Å²) in [5, 5.41) is 11.5. The molecule has 1 amide bonds. The maximum Gasteiger partial charge on any atom is 0.224 e. The summed E-state index contributed by atoms with van der Waals surface area (Å²) < 4.78 is 0. The normalized spacial score (nSPS) is 10.4. The van der Waals surface area contributed by atoms with Gasteiger partial charge in [0.15, 0.2) is 0 Å². The number of nitrogens with one attached hydrogen (secondary N) is 2. The average molecular weight is 356 g/mol. The van der Waals surface area contributed by atoms with Gasteiger partial charge < -0.3 is 5.32 Å². The molecule has 0 fully saturated rings. The molecule has 0 saturated carbocycles. The van der Waals surface area contributed by atoms with Gasteiger partial charge in [-0.05, 0) is 31.4 Å². The van der Waals surface area contributed by atoms with Gasteiger partial charge in [0.2, 0.25) is 5.91 Å². The molecule has 3 rings (SSSR count). The molecule has 3 aromatic rings. The molecule has 27 heavy (non-hydrogen) atoms. The summed E-state index contributed by atoms with van der Waals surface area (Å²) in [6.07, 6.45) is 2.14. The molecule has 0 aliphatic carbocycles. The van der Waals surface area contributed by atoms with Crippen LogP contribution in [0.2, 0.25) is 0 Å². The molecular weight excluding hydrogens is 332 g/mol. The molecular formula is C24H24N2O. The second-order valence-corrected chi connectivity index (χ2v) is 6.67. The Balaban J connectivity index is 1.64. The van der Waals surface area contributed by atoms with E-state index in [1.54, 1.807) is 0 Å². The Bertz CT molecular complexity index is 915. The smallest absolute Gasteiger partial charge is 0.224 e. The van der Waals surface area contributed by atoms with Crippen LogP contribution in [0.25, 0.3) is 0 Å². The molecule has 0 atom stereocenters. The maximum absolute atomic E-state index is 12.4. The molecule has 3 heteroatoms. The first-order chi connectivity index (χ1) is 13.1. The third kappa shape index (κ3) is 5.14. The van der Waals surface area contributed by atoms with Crippen molar-refractivity contribution in [3.8, 4) is 0 Å². The Hall–Kier alpha value is -3.20. The van der Waals surface area contributed by atoms with Crippen LogP contribution in [0.5, 0.6) is 0 Å². The number of rotatable bonds is 7. The van der Waals surface area contributed by atoms with Crippen LogP contribution in [0.1, 0.15) is 35.1 Å². The van der Waals surface area contributed by atoms with Gasteiger partial charge in [-0.15, -0.1) is 0 Å². The van der Waals surface area contributed by atoms with Gasteiger partial charge in [-0.2, -0.15) is 0 Å². The first-order valence-electron chi connectivity index (χ1n) is 9.22. The zero-order valence-electron chi connectivity index (χ0n) is 15.5. The summed E-state index contributed by atoms with van der Waals surface area (Å²) >= 11 is 0. The molecule has 0 saturated heterocycles. The maximum atomic E-state index is 12.4. The highest BCUT2D eigenvalue weighted by molar-refractivity contribution is 6.15. The van der Waals surface area contributed by atoms with E-state index in [0.29, 0.717) is 17.8 Å².